The normalized spacial score (nSPS) is 13.9. The van der Waals surface area contributed by atoms with Crippen LogP contribution in [0.2, 0.25) is 0 Å². The number of nitrogens with zero attached hydrogens (tertiary/aromatic N) is 1. The number of carboxylic acid groups (broad SMARTS) is 1. The van der Waals surface area contributed by atoms with Gasteiger partial charge in [-0.1, -0.05) is 36.4 Å². The van der Waals surface area contributed by atoms with Gasteiger partial charge in [0.1, 0.15) is 5.82 Å². The fraction of sp³-hybridized carbons (Fsp3) is 0.241. The molecule has 36 heavy (non-hydrogen) atoms. The maximum absolute atomic E-state index is 13.8. The van der Waals surface area contributed by atoms with Crippen LogP contribution >= 0.6 is 0 Å². The van der Waals surface area contributed by atoms with Gasteiger partial charge in [-0.3, -0.25) is 9.59 Å². The lowest BCUT2D eigenvalue weighted by molar-refractivity contribution is -0.137. The van der Waals surface area contributed by atoms with Gasteiger partial charge in [0.25, 0.3) is 5.91 Å². The van der Waals surface area contributed by atoms with Crippen molar-refractivity contribution >= 4 is 34.5 Å². The number of aliphatic carboxylic acids is 1. The zero-order valence-electron chi connectivity index (χ0n) is 20.5. The number of hydrogen-bond donors (Lipinski definition) is 3. The summed E-state index contributed by atoms with van der Waals surface area (Å²) < 4.78 is 13.8. The summed E-state index contributed by atoms with van der Waals surface area (Å²) in [6.45, 7) is 1.02. The van der Waals surface area contributed by atoms with E-state index in [1.54, 1.807) is 6.07 Å². The quantitative estimate of drug-likeness (QED) is 0.340. The summed E-state index contributed by atoms with van der Waals surface area (Å²) >= 11 is 0. The van der Waals surface area contributed by atoms with E-state index in [-0.39, 0.29) is 12.3 Å². The first-order chi connectivity index (χ1) is 17.3. The van der Waals surface area contributed by atoms with E-state index in [1.165, 1.54) is 17.7 Å². The number of benzene rings is 3. The van der Waals surface area contributed by atoms with Crippen molar-refractivity contribution in [3.8, 4) is 0 Å². The highest BCUT2D eigenvalue weighted by molar-refractivity contribution is 6.37. The monoisotopic (exact) mass is 487 g/mol. The van der Waals surface area contributed by atoms with Gasteiger partial charge in [-0.2, -0.15) is 0 Å². The Morgan fingerprint density at radius 1 is 0.972 bits per heavy atom. The van der Waals surface area contributed by atoms with Crippen LogP contribution in [0.3, 0.4) is 0 Å². The number of fused-ring (bicyclic) bond motifs is 1. The van der Waals surface area contributed by atoms with Gasteiger partial charge in [-0.15, -0.1) is 0 Å². The van der Waals surface area contributed by atoms with E-state index in [4.69, 9.17) is 5.11 Å². The van der Waals surface area contributed by atoms with Gasteiger partial charge >= 0.3 is 5.97 Å². The lowest BCUT2D eigenvalue weighted by Gasteiger charge is -2.16. The minimum Gasteiger partial charge on any atom is -0.481 e. The van der Waals surface area contributed by atoms with Crippen LogP contribution in [0.5, 0.6) is 0 Å². The first-order valence-corrected chi connectivity index (χ1v) is 12.0. The average molecular weight is 488 g/mol. The molecule has 0 unspecified atom stereocenters. The van der Waals surface area contributed by atoms with Crippen LogP contribution in [0.1, 0.15) is 35.1 Å². The topological polar surface area (TPSA) is 81.7 Å². The van der Waals surface area contributed by atoms with E-state index >= 15 is 0 Å². The molecular formula is C29H30FN3O3. The zero-order valence-corrected chi connectivity index (χ0v) is 20.5. The molecule has 7 heteroatoms. The fourth-order valence-electron chi connectivity index (χ4n) is 4.26. The maximum atomic E-state index is 13.8. The first-order valence-electron chi connectivity index (χ1n) is 12.0. The zero-order chi connectivity index (χ0) is 25.7. The van der Waals surface area contributed by atoms with Crippen LogP contribution in [-0.4, -0.2) is 42.5 Å². The lowest BCUT2D eigenvalue weighted by Crippen LogP contribution is -2.13. The molecule has 1 heterocycles. The van der Waals surface area contributed by atoms with Gasteiger partial charge in [-0.25, -0.2) is 4.39 Å². The van der Waals surface area contributed by atoms with E-state index in [0.717, 1.165) is 36.2 Å². The minimum atomic E-state index is -0.847. The van der Waals surface area contributed by atoms with Crippen molar-refractivity contribution in [3.63, 3.8) is 0 Å². The van der Waals surface area contributed by atoms with Gasteiger partial charge in [0.05, 0.1) is 17.0 Å². The molecule has 0 fully saturated rings. The Kier molecular flexibility index (Phi) is 7.80. The second-order valence-electron chi connectivity index (χ2n) is 9.21. The van der Waals surface area contributed by atoms with Crippen molar-refractivity contribution < 1.29 is 19.1 Å². The number of anilines is 2. The van der Waals surface area contributed by atoms with Crippen LogP contribution in [0.25, 0.3) is 11.3 Å². The number of halogens is 1. The summed E-state index contributed by atoms with van der Waals surface area (Å²) in [7, 11) is 4.12. The molecule has 0 spiro atoms. The third-order valence-corrected chi connectivity index (χ3v) is 6.14. The maximum Gasteiger partial charge on any atom is 0.303 e. The molecule has 0 radical (unpaired) electrons. The molecule has 186 valence electrons. The lowest BCUT2D eigenvalue weighted by atomic mass is 9.98. The van der Waals surface area contributed by atoms with E-state index in [1.807, 2.05) is 36.4 Å². The Labute approximate surface area is 210 Å². The van der Waals surface area contributed by atoms with Crippen molar-refractivity contribution in [2.75, 3.05) is 31.3 Å². The van der Waals surface area contributed by atoms with Crippen molar-refractivity contribution in [1.29, 1.82) is 0 Å². The van der Waals surface area contributed by atoms with Crippen molar-refractivity contribution in [2.24, 2.45) is 0 Å². The van der Waals surface area contributed by atoms with E-state index in [0.29, 0.717) is 28.9 Å². The summed E-state index contributed by atoms with van der Waals surface area (Å²) in [5.41, 5.74) is 5.81. The first kappa shape index (κ1) is 25.1. The van der Waals surface area contributed by atoms with Crippen LogP contribution < -0.4 is 10.6 Å². The van der Waals surface area contributed by atoms with Crippen LogP contribution in [0.4, 0.5) is 15.8 Å². The standard InChI is InChI=1S/C29H30FN3O3/c1-33(2)17-3-4-19-7-13-23(14-8-19)31-28(21-10-5-20(6-11-21)9-16-26(34)35)27-24-15-12-22(30)18-25(24)32-29(27)36/h5-8,10-15,18,31H,3-4,9,16-17H2,1-2H3,(H,32,36)(H,34,35)/b28-27-. The molecule has 3 aromatic rings. The molecule has 1 aliphatic rings. The van der Waals surface area contributed by atoms with E-state index in [9.17, 15) is 14.0 Å². The van der Waals surface area contributed by atoms with Gasteiger partial charge in [0.2, 0.25) is 0 Å². The van der Waals surface area contributed by atoms with Crippen LogP contribution in [-0.2, 0) is 22.4 Å². The number of rotatable bonds is 10. The highest BCUT2D eigenvalue weighted by Gasteiger charge is 2.28. The second-order valence-corrected chi connectivity index (χ2v) is 9.21. The Morgan fingerprint density at radius 2 is 1.64 bits per heavy atom. The third-order valence-electron chi connectivity index (χ3n) is 6.14. The van der Waals surface area contributed by atoms with Crippen molar-refractivity contribution in [1.82, 2.24) is 4.90 Å². The number of nitrogens with one attached hydrogen (secondary N) is 2. The Bertz CT molecular complexity index is 1280. The Balaban J connectivity index is 1.67. The number of carbonyl (C=O) groups is 2. The smallest absolute Gasteiger partial charge is 0.303 e. The molecule has 6 nitrogen and oxygen atoms in total. The number of amides is 1. The minimum absolute atomic E-state index is 0.0494. The summed E-state index contributed by atoms with van der Waals surface area (Å²) in [6, 6.07) is 19.9. The number of aryl methyl sites for hydroxylation is 2. The van der Waals surface area contributed by atoms with E-state index in [2.05, 4.69) is 41.8 Å². The highest BCUT2D eigenvalue weighted by atomic mass is 19.1. The van der Waals surface area contributed by atoms with E-state index < -0.39 is 11.8 Å². The predicted octanol–water partition coefficient (Wildman–Crippen LogP) is 5.27. The van der Waals surface area contributed by atoms with Gasteiger partial charge < -0.3 is 20.6 Å². The van der Waals surface area contributed by atoms with Crippen molar-refractivity contribution in [2.45, 2.75) is 25.7 Å². The molecule has 3 aromatic carbocycles. The molecule has 0 saturated carbocycles. The Morgan fingerprint density at radius 3 is 2.31 bits per heavy atom. The van der Waals surface area contributed by atoms with Crippen LogP contribution in [0, 0.1) is 5.82 Å². The SMILES string of the molecule is CN(C)CCCc1ccc(N/C(=C2\C(=O)Nc3cc(F)ccc32)c2ccc(CCC(=O)O)cc2)cc1. The summed E-state index contributed by atoms with van der Waals surface area (Å²) in [5.74, 6) is -1.58. The molecule has 0 bridgehead atoms. The molecule has 0 atom stereocenters. The second kappa shape index (κ2) is 11.2. The number of carboxylic acids is 1. The number of carbonyl (C=O) groups excluding carboxylic acids is 1. The Hall–Kier alpha value is -3.97. The van der Waals surface area contributed by atoms with Crippen molar-refractivity contribution in [3.05, 3.63) is 94.8 Å². The summed E-state index contributed by atoms with van der Waals surface area (Å²) in [6.07, 6.45) is 2.52. The summed E-state index contributed by atoms with van der Waals surface area (Å²) in [4.78, 5) is 26.1. The molecule has 0 saturated heterocycles. The molecular weight excluding hydrogens is 457 g/mol. The largest absolute Gasteiger partial charge is 0.481 e. The highest BCUT2D eigenvalue weighted by Crippen LogP contribution is 2.38. The molecule has 0 aliphatic carbocycles. The molecule has 4 rings (SSSR count). The average Bonchev–Trinajstić information content (AvgIpc) is 3.16. The molecule has 1 aliphatic heterocycles. The molecule has 0 aromatic heterocycles. The van der Waals surface area contributed by atoms with Crippen LogP contribution in [0.15, 0.2) is 66.7 Å². The van der Waals surface area contributed by atoms with Gasteiger partial charge in [-0.05, 0) is 86.9 Å². The third kappa shape index (κ3) is 6.17. The summed E-state index contributed by atoms with van der Waals surface area (Å²) in [5, 5.41) is 15.1. The number of hydrogen-bond acceptors (Lipinski definition) is 4. The van der Waals surface area contributed by atoms with Gasteiger partial charge in [0, 0.05) is 17.7 Å². The predicted molar refractivity (Wildman–Crippen MR) is 141 cm³/mol. The fourth-order valence-corrected chi connectivity index (χ4v) is 4.26. The molecule has 1 amide bonds. The van der Waals surface area contributed by atoms with Gasteiger partial charge in [0.15, 0.2) is 0 Å². The molecule has 3 N–H and O–H groups in total.